The Bertz CT molecular complexity index is 430. The highest BCUT2D eigenvalue weighted by Crippen LogP contribution is 2.35. The summed E-state index contributed by atoms with van der Waals surface area (Å²) in [4.78, 5) is 8.25. The Balaban J connectivity index is 2.20. The van der Waals surface area contributed by atoms with Crippen molar-refractivity contribution in [2.45, 2.75) is 29.8 Å². The third kappa shape index (κ3) is 3.04. The summed E-state index contributed by atoms with van der Waals surface area (Å²) in [6.07, 6.45) is 6.02. The number of H-pyrrole nitrogens is 1. The number of nitrogens with zero attached hydrogens (tertiary/aromatic N) is 3. The molecule has 0 saturated carbocycles. The van der Waals surface area contributed by atoms with Crippen LogP contribution in [0.15, 0.2) is 36.0 Å². The molecule has 17 heavy (non-hydrogen) atoms. The quantitative estimate of drug-likeness (QED) is 0.789. The van der Waals surface area contributed by atoms with Crippen molar-refractivity contribution >= 4 is 11.8 Å². The molecular formula is C11H15N5S. The number of thioether (sulfide) groups is 1. The van der Waals surface area contributed by atoms with Crippen LogP contribution in [0.2, 0.25) is 0 Å². The van der Waals surface area contributed by atoms with Crippen LogP contribution in [-0.4, -0.2) is 26.2 Å². The molecule has 3 N–H and O–H groups in total. The third-order valence-electron chi connectivity index (χ3n) is 2.50. The van der Waals surface area contributed by atoms with Crippen LogP contribution in [0, 0.1) is 0 Å². The topological polar surface area (TPSA) is 80.5 Å². The maximum absolute atomic E-state index is 6.16. The highest BCUT2D eigenvalue weighted by atomic mass is 32.2. The third-order valence-corrected chi connectivity index (χ3v) is 3.80. The van der Waals surface area contributed by atoms with Crippen LogP contribution < -0.4 is 5.73 Å². The van der Waals surface area contributed by atoms with E-state index in [0.717, 1.165) is 17.1 Å². The number of aromatic amines is 1. The molecule has 90 valence electrons. The van der Waals surface area contributed by atoms with Gasteiger partial charge in [-0.25, -0.2) is 4.98 Å². The van der Waals surface area contributed by atoms with Gasteiger partial charge >= 0.3 is 0 Å². The molecule has 0 spiro atoms. The second-order valence-corrected chi connectivity index (χ2v) is 4.82. The van der Waals surface area contributed by atoms with Crippen molar-refractivity contribution in [3.05, 3.63) is 36.4 Å². The van der Waals surface area contributed by atoms with Gasteiger partial charge in [-0.1, -0.05) is 24.8 Å². The van der Waals surface area contributed by atoms with Gasteiger partial charge in [-0.3, -0.25) is 10.1 Å². The van der Waals surface area contributed by atoms with Gasteiger partial charge in [0.1, 0.15) is 6.33 Å². The summed E-state index contributed by atoms with van der Waals surface area (Å²) in [6.45, 7) is 2.08. The van der Waals surface area contributed by atoms with Gasteiger partial charge in [0, 0.05) is 18.4 Å². The standard InChI is InChI=1S/C11H15N5S/c1-2-9(12)10(8-4-3-5-13-6-8)17-11-14-7-15-16-11/h3-7,9-10H,2,12H2,1H3,(H,14,15,16). The predicted molar refractivity (Wildman–Crippen MR) is 67.5 cm³/mol. The molecule has 2 aromatic heterocycles. The summed E-state index contributed by atoms with van der Waals surface area (Å²) in [7, 11) is 0. The van der Waals surface area contributed by atoms with Crippen LogP contribution in [-0.2, 0) is 0 Å². The van der Waals surface area contributed by atoms with Crippen molar-refractivity contribution in [3.63, 3.8) is 0 Å². The largest absolute Gasteiger partial charge is 0.326 e. The average Bonchev–Trinajstić information content (AvgIpc) is 2.89. The summed E-state index contributed by atoms with van der Waals surface area (Å²) < 4.78 is 0. The fourth-order valence-electron chi connectivity index (χ4n) is 1.53. The summed E-state index contributed by atoms with van der Waals surface area (Å²) in [6, 6.07) is 4.02. The summed E-state index contributed by atoms with van der Waals surface area (Å²) >= 11 is 1.59. The molecule has 0 aliphatic heterocycles. The number of hydrogen-bond acceptors (Lipinski definition) is 5. The Morgan fingerprint density at radius 1 is 1.53 bits per heavy atom. The van der Waals surface area contributed by atoms with E-state index in [1.807, 2.05) is 18.3 Å². The van der Waals surface area contributed by atoms with E-state index in [9.17, 15) is 0 Å². The molecule has 2 unspecified atom stereocenters. The molecule has 2 atom stereocenters. The van der Waals surface area contributed by atoms with Gasteiger partial charge < -0.3 is 5.73 Å². The van der Waals surface area contributed by atoms with E-state index in [2.05, 4.69) is 27.1 Å². The highest BCUT2D eigenvalue weighted by molar-refractivity contribution is 7.99. The fourth-order valence-corrected chi connectivity index (χ4v) is 2.63. The molecular weight excluding hydrogens is 234 g/mol. The zero-order chi connectivity index (χ0) is 12.1. The first-order valence-electron chi connectivity index (χ1n) is 5.48. The number of rotatable bonds is 5. The first-order chi connectivity index (χ1) is 8.31. The van der Waals surface area contributed by atoms with Crippen molar-refractivity contribution in [2.24, 2.45) is 5.73 Å². The van der Waals surface area contributed by atoms with Crippen molar-refractivity contribution in [2.75, 3.05) is 0 Å². The molecule has 0 radical (unpaired) electrons. The first kappa shape index (κ1) is 12.1. The maximum Gasteiger partial charge on any atom is 0.184 e. The first-order valence-corrected chi connectivity index (χ1v) is 6.36. The molecule has 5 nitrogen and oxygen atoms in total. The number of hydrogen-bond donors (Lipinski definition) is 2. The smallest absolute Gasteiger partial charge is 0.184 e. The van der Waals surface area contributed by atoms with Gasteiger partial charge in [0.25, 0.3) is 0 Å². The molecule has 6 heteroatoms. The lowest BCUT2D eigenvalue weighted by atomic mass is 10.1. The van der Waals surface area contributed by atoms with Gasteiger partial charge in [0.05, 0.1) is 5.25 Å². The fraction of sp³-hybridized carbons (Fsp3) is 0.364. The molecule has 0 amide bonds. The van der Waals surface area contributed by atoms with Crippen LogP contribution in [0.25, 0.3) is 0 Å². The normalized spacial score (nSPS) is 14.5. The van der Waals surface area contributed by atoms with Crippen molar-refractivity contribution in [1.82, 2.24) is 20.2 Å². The van der Waals surface area contributed by atoms with E-state index in [-0.39, 0.29) is 11.3 Å². The minimum atomic E-state index is 0.0642. The summed E-state index contributed by atoms with van der Waals surface area (Å²) in [5.74, 6) is 0. The molecule has 0 aliphatic carbocycles. The van der Waals surface area contributed by atoms with E-state index in [1.54, 1.807) is 18.0 Å². The SMILES string of the molecule is CCC(N)C(Sc1ncn[nH]1)c1cccnc1. The second-order valence-electron chi connectivity index (χ2n) is 3.69. The average molecular weight is 249 g/mol. The highest BCUT2D eigenvalue weighted by Gasteiger charge is 2.21. The van der Waals surface area contributed by atoms with Crippen LogP contribution in [0.4, 0.5) is 0 Å². The van der Waals surface area contributed by atoms with Gasteiger partial charge in [-0.2, -0.15) is 5.10 Å². The van der Waals surface area contributed by atoms with E-state index in [4.69, 9.17) is 5.73 Å². The minimum Gasteiger partial charge on any atom is -0.326 e. The molecule has 2 heterocycles. The lowest BCUT2D eigenvalue weighted by Crippen LogP contribution is -2.25. The van der Waals surface area contributed by atoms with E-state index in [0.29, 0.717) is 0 Å². The van der Waals surface area contributed by atoms with Gasteiger partial charge in [0.2, 0.25) is 0 Å². The minimum absolute atomic E-state index is 0.0642. The lowest BCUT2D eigenvalue weighted by Gasteiger charge is -2.21. The molecule has 2 rings (SSSR count). The molecule has 0 fully saturated rings. The second kappa shape index (κ2) is 5.79. The number of pyridine rings is 1. The van der Waals surface area contributed by atoms with Crippen molar-refractivity contribution in [3.8, 4) is 0 Å². The number of nitrogens with one attached hydrogen (secondary N) is 1. The summed E-state index contributed by atoms with van der Waals surface area (Å²) in [5, 5.41) is 7.60. The number of nitrogens with two attached hydrogens (primary N) is 1. The number of aromatic nitrogens is 4. The van der Waals surface area contributed by atoms with Crippen LogP contribution in [0.5, 0.6) is 0 Å². The van der Waals surface area contributed by atoms with Crippen LogP contribution >= 0.6 is 11.8 Å². The van der Waals surface area contributed by atoms with Crippen LogP contribution in [0.1, 0.15) is 24.2 Å². The molecule has 0 aromatic carbocycles. The lowest BCUT2D eigenvalue weighted by molar-refractivity contribution is 0.631. The van der Waals surface area contributed by atoms with Crippen molar-refractivity contribution in [1.29, 1.82) is 0 Å². The Kier molecular flexibility index (Phi) is 4.11. The van der Waals surface area contributed by atoms with Crippen LogP contribution in [0.3, 0.4) is 0 Å². The zero-order valence-corrected chi connectivity index (χ0v) is 10.4. The van der Waals surface area contributed by atoms with E-state index >= 15 is 0 Å². The molecule has 0 bridgehead atoms. The van der Waals surface area contributed by atoms with Gasteiger partial charge in [0.15, 0.2) is 5.16 Å². The Labute approximate surface area is 104 Å². The predicted octanol–water partition coefficient (Wildman–Crippen LogP) is 1.77. The van der Waals surface area contributed by atoms with Gasteiger partial charge in [-0.05, 0) is 18.1 Å². The van der Waals surface area contributed by atoms with Gasteiger partial charge in [-0.15, -0.1) is 0 Å². The van der Waals surface area contributed by atoms with Crippen molar-refractivity contribution < 1.29 is 0 Å². The Morgan fingerprint density at radius 2 is 2.41 bits per heavy atom. The van der Waals surface area contributed by atoms with E-state index < -0.39 is 0 Å². The monoisotopic (exact) mass is 249 g/mol. The Morgan fingerprint density at radius 3 is 3.00 bits per heavy atom. The van der Waals surface area contributed by atoms with E-state index in [1.165, 1.54) is 6.33 Å². The zero-order valence-electron chi connectivity index (χ0n) is 9.58. The Hall–Kier alpha value is -1.40. The molecule has 2 aromatic rings. The molecule has 0 saturated heterocycles. The maximum atomic E-state index is 6.16. The molecule has 0 aliphatic rings. The summed E-state index contributed by atoms with van der Waals surface area (Å²) in [5.41, 5.74) is 7.27.